The van der Waals surface area contributed by atoms with Gasteiger partial charge in [-0.1, -0.05) is 38.8 Å². The van der Waals surface area contributed by atoms with Gasteiger partial charge in [-0.2, -0.15) is 13.2 Å². The Hall–Kier alpha value is -4.81. The van der Waals surface area contributed by atoms with Crippen LogP contribution < -0.4 is 30.0 Å². The van der Waals surface area contributed by atoms with Crippen LogP contribution in [0.2, 0.25) is 0 Å². The highest BCUT2D eigenvalue weighted by atomic mass is 32.2. The minimum absolute atomic E-state index is 0.0226. The first-order valence-corrected chi connectivity index (χ1v) is 21.0. The maximum absolute atomic E-state index is 13.4. The molecule has 4 amide bonds. The number of amides is 4. The van der Waals surface area contributed by atoms with Crippen molar-refractivity contribution < 1.29 is 59.7 Å². The summed E-state index contributed by atoms with van der Waals surface area (Å²) in [6.45, 7) is 7.80. The molecule has 2 aliphatic heterocycles. The van der Waals surface area contributed by atoms with E-state index in [0.717, 1.165) is 50.3 Å². The molecule has 1 aromatic carbocycles. The normalized spacial score (nSPS) is 26.0. The van der Waals surface area contributed by atoms with Gasteiger partial charge in [-0.05, 0) is 82.4 Å². The van der Waals surface area contributed by atoms with Gasteiger partial charge in [-0.3, -0.25) is 19.1 Å². The van der Waals surface area contributed by atoms with Crippen molar-refractivity contribution in [2.75, 3.05) is 20.8 Å². The van der Waals surface area contributed by atoms with Gasteiger partial charge in [0.1, 0.15) is 23.6 Å². The number of methoxy groups -OCH3 is 2. The standard InChI is InChI=1S/C30H39N3O5.C5H8F3NO2.C5H9NO3S/c1-18-6-5-7-19(2)12-28(34)33-17-22(15-26(33)29(35)32-25-13-20(25)9-8-18)38-30-23-11-10-21(36-3)14-24(23)27(37-4)16-31-30;1-4(2,5(6,7)8)11-3(9)10;1-5(2-3-5)10(8,9)6-4-7/h8-11,14,16,18-20,22,25-26H,5-7,12-13,15,17H2,1-4H3,(H,32,35);1-2H3,(H2,9,10);4H,2-3H2,1H3,(H,6,7)/b9-8-;;/t18?,19?,20-,22-,25?,26?;;/m1../s1. The zero-order valence-electron chi connectivity index (χ0n) is 34.5. The third kappa shape index (κ3) is 12.4. The maximum Gasteiger partial charge on any atom is 0.427 e. The Balaban J connectivity index is 0.000000299. The van der Waals surface area contributed by atoms with E-state index < -0.39 is 38.7 Å². The van der Waals surface area contributed by atoms with Crippen LogP contribution in [-0.4, -0.2) is 98.1 Å². The highest BCUT2D eigenvalue weighted by Crippen LogP contribution is 2.42. The van der Waals surface area contributed by atoms with E-state index >= 15 is 0 Å². The van der Waals surface area contributed by atoms with Crippen LogP contribution in [0.4, 0.5) is 18.0 Å². The molecule has 4 N–H and O–H groups in total. The second-order valence-electron chi connectivity index (χ2n) is 16.3. The zero-order valence-corrected chi connectivity index (χ0v) is 35.3. The first kappa shape index (κ1) is 46.9. The number of alkyl halides is 3. The molecule has 328 valence electrons. The largest absolute Gasteiger partial charge is 0.497 e. The number of primary amides is 1. The van der Waals surface area contributed by atoms with Gasteiger partial charge in [0.05, 0.1) is 31.7 Å². The molecule has 2 saturated carbocycles. The summed E-state index contributed by atoms with van der Waals surface area (Å²) in [5.74, 6) is 2.89. The molecule has 4 unspecified atom stereocenters. The molecular formula is C40H56F3N5O10S. The van der Waals surface area contributed by atoms with E-state index in [-0.39, 0.29) is 36.3 Å². The summed E-state index contributed by atoms with van der Waals surface area (Å²) in [5.41, 5.74) is 1.90. The summed E-state index contributed by atoms with van der Waals surface area (Å²) in [7, 11) is -0.133. The molecule has 3 fully saturated rings. The molecule has 2 aliphatic carbocycles. The molecule has 15 nitrogen and oxygen atoms in total. The highest BCUT2D eigenvalue weighted by Gasteiger charge is 2.51. The number of allylic oxidation sites excluding steroid dienone is 1. The summed E-state index contributed by atoms with van der Waals surface area (Å²) in [6.07, 6.45) is 6.37. The Kier molecular flexibility index (Phi) is 15.1. The first-order valence-electron chi connectivity index (χ1n) is 19.5. The molecule has 59 heavy (non-hydrogen) atoms. The molecule has 0 bridgehead atoms. The zero-order chi connectivity index (χ0) is 43.9. The lowest BCUT2D eigenvalue weighted by Gasteiger charge is -2.26. The number of carbonyl (C=O) groups excluding carboxylic acids is 4. The van der Waals surface area contributed by atoms with Crippen molar-refractivity contribution in [2.45, 2.75) is 121 Å². The number of benzene rings is 1. The highest BCUT2D eigenvalue weighted by molar-refractivity contribution is 7.91. The van der Waals surface area contributed by atoms with Crippen LogP contribution in [0, 0.1) is 17.8 Å². The van der Waals surface area contributed by atoms with Crippen molar-refractivity contribution >= 4 is 45.1 Å². The maximum atomic E-state index is 13.4. The Morgan fingerprint density at radius 3 is 2.34 bits per heavy atom. The number of hydrogen-bond donors (Lipinski definition) is 3. The quantitative estimate of drug-likeness (QED) is 0.222. The van der Waals surface area contributed by atoms with Crippen LogP contribution in [0.1, 0.15) is 86.0 Å². The predicted molar refractivity (Wildman–Crippen MR) is 212 cm³/mol. The molecule has 2 aromatic rings. The van der Waals surface area contributed by atoms with E-state index in [2.05, 4.69) is 46.8 Å². The Morgan fingerprint density at radius 1 is 1.07 bits per heavy atom. The number of hydrogen-bond acceptors (Lipinski definition) is 11. The van der Waals surface area contributed by atoms with Gasteiger partial charge in [-0.25, -0.2) is 18.2 Å². The van der Waals surface area contributed by atoms with E-state index in [4.69, 9.17) is 14.2 Å². The number of halogens is 3. The monoisotopic (exact) mass is 855 g/mol. The second kappa shape index (κ2) is 19.1. The molecule has 1 saturated heterocycles. The predicted octanol–water partition coefficient (Wildman–Crippen LogP) is 5.54. The number of carbonyl (C=O) groups is 4. The fourth-order valence-electron chi connectivity index (χ4n) is 6.68. The van der Waals surface area contributed by atoms with Crippen LogP contribution in [0.5, 0.6) is 17.4 Å². The fraction of sp³-hybridized carbons (Fsp3) is 0.625. The molecule has 1 aromatic heterocycles. The van der Waals surface area contributed by atoms with Gasteiger partial charge in [0.15, 0.2) is 0 Å². The number of nitrogens with zero attached hydrogens (tertiary/aromatic N) is 2. The molecule has 6 rings (SSSR count). The van der Waals surface area contributed by atoms with Gasteiger partial charge in [-0.15, -0.1) is 0 Å². The first-order chi connectivity index (χ1) is 27.5. The van der Waals surface area contributed by atoms with Crippen molar-refractivity contribution in [3.8, 4) is 17.4 Å². The lowest BCUT2D eigenvalue weighted by Crippen LogP contribution is -2.47. The van der Waals surface area contributed by atoms with Crippen LogP contribution in [0.15, 0.2) is 36.5 Å². The van der Waals surface area contributed by atoms with Crippen molar-refractivity contribution in [1.29, 1.82) is 0 Å². The van der Waals surface area contributed by atoms with Gasteiger partial charge in [0, 0.05) is 29.7 Å². The summed E-state index contributed by atoms with van der Waals surface area (Å²) >= 11 is 0. The molecule has 19 heteroatoms. The molecule has 0 radical (unpaired) electrons. The average molecular weight is 856 g/mol. The van der Waals surface area contributed by atoms with Gasteiger partial charge < -0.3 is 34.9 Å². The van der Waals surface area contributed by atoms with Crippen molar-refractivity contribution in [3.05, 3.63) is 36.5 Å². The number of nitrogens with two attached hydrogens (primary N) is 1. The Morgan fingerprint density at radius 2 is 1.76 bits per heavy atom. The minimum Gasteiger partial charge on any atom is -0.497 e. The smallest absolute Gasteiger partial charge is 0.427 e. The van der Waals surface area contributed by atoms with Crippen LogP contribution in [0.25, 0.3) is 10.8 Å². The second-order valence-corrected chi connectivity index (χ2v) is 18.5. The van der Waals surface area contributed by atoms with Gasteiger partial charge in [0.25, 0.3) is 0 Å². The van der Waals surface area contributed by atoms with E-state index in [9.17, 15) is 40.8 Å². The molecule has 4 aliphatic rings. The van der Waals surface area contributed by atoms with E-state index in [1.165, 1.54) is 0 Å². The summed E-state index contributed by atoms with van der Waals surface area (Å²) in [5, 5.41) is 4.82. The SMILES string of the molecule is CC(C)(OC(N)=O)C(F)(F)F.CC1(S(=O)(=O)NC=O)CC1.COc1ccc2c(O[C@@H]3CC4C(=O)NC5C[C@H]5/C=C\C(C)CCCC(C)CC(=O)N4C3)ncc(OC)c2c1. The van der Waals surface area contributed by atoms with Crippen molar-refractivity contribution in [3.63, 3.8) is 0 Å². The number of ether oxygens (including phenoxy) is 4. The lowest BCUT2D eigenvalue weighted by molar-refractivity contribution is -0.243. The van der Waals surface area contributed by atoms with Crippen LogP contribution in [0.3, 0.4) is 0 Å². The van der Waals surface area contributed by atoms with Crippen LogP contribution in [-0.2, 0) is 29.1 Å². The van der Waals surface area contributed by atoms with Crippen molar-refractivity contribution in [1.82, 2.24) is 19.9 Å². The molecule has 3 heterocycles. The minimum atomic E-state index is -4.60. The van der Waals surface area contributed by atoms with E-state index in [1.807, 2.05) is 22.9 Å². The van der Waals surface area contributed by atoms with Gasteiger partial charge in [0.2, 0.25) is 39.7 Å². The average Bonchev–Trinajstić information content (AvgIpc) is 4.05. The summed E-state index contributed by atoms with van der Waals surface area (Å²) in [6, 6.07) is 5.25. The fourth-order valence-corrected chi connectivity index (χ4v) is 7.74. The Bertz CT molecular complexity index is 1970. The van der Waals surface area contributed by atoms with Crippen molar-refractivity contribution in [2.24, 2.45) is 23.5 Å². The Labute approximate surface area is 343 Å². The van der Waals surface area contributed by atoms with Crippen LogP contribution >= 0.6 is 0 Å². The summed E-state index contributed by atoms with van der Waals surface area (Å²) in [4.78, 5) is 52.9. The lowest BCUT2D eigenvalue weighted by atomic mass is 9.95. The topological polar surface area (TPSA) is 206 Å². The van der Waals surface area contributed by atoms with Gasteiger partial charge >= 0.3 is 12.3 Å². The number of aromatic nitrogens is 1. The number of fused-ring (bicyclic) bond motifs is 3. The number of sulfonamides is 1. The third-order valence-corrected chi connectivity index (χ3v) is 13.1. The number of pyridine rings is 1. The van der Waals surface area contributed by atoms with E-state index in [0.29, 0.717) is 61.4 Å². The number of nitrogens with one attached hydrogen (secondary N) is 2. The molecular weight excluding hydrogens is 800 g/mol. The van der Waals surface area contributed by atoms with E-state index in [1.54, 1.807) is 32.2 Å². The molecule has 0 spiro atoms. The number of rotatable bonds is 8. The molecule has 6 atom stereocenters. The third-order valence-electron chi connectivity index (χ3n) is 11.0. The summed E-state index contributed by atoms with van der Waals surface area (Å²) < 4.78 is 79.8.